The van der Waals surface area contributed by atoms with Crippen molar-refractivity contribution in [1.82, 2.24) is 0 Å². The summed E-state index contributed by atoms with van der Waals surface area (Å²) in [7, 11) is -5.11. The Hall–Kier alpha value is -1.67. The summed E-state index contributed by atoms with van der Waals surface area (Å²) < 4.78 is 33.3. The summed E-state index contributed by atoms with van der Waals surface area (Å²) >= 11 is 0. The number of carbonyl (C=O) groups excluding carboxylic acids is 2. The molecule has 0 spiro atoms. The topological polar surface area (TPSA) is 210 Å². The Balaban J connectivity index is 2.56. The van der Waals surface area contributed by atoms with Crippen LogP contribution in [0.1, 0.15) is 149 Å². The van der Waals surface area contributed by atoms with Gasteiger partial charge in [-0.05, 0) is 57.8 Å². The van der Waals surface area contributed by atoms with Gasteiger partial charge in [0, 0.05) is 12.8 Å². The van der Waals surface area contributed by atoms with Crippen LogP contribution in [0.25, 0.3) is 0 Å². The van der Waals surface area contributed by atoms with Gasteiger partial charge in [0.05, 0.1) is 6.61 Å². The molecule has 0 bridgehead atoms. The Morgan fingerprint density at radius 3 is 1.52 bits per heavy atom. The molecular weight excluding hydrogens is 695 g/mol. The van der Waals surface area contributed by atoms with Gasteiger partial charge < -0.3 is 39.9 Å². The molecule has 0 aromatic rings. The summed E-state index contributed by atoms with van der Waals surface area (Å²) in [5.41, 5.74) is 0. The first-order valence-electron chi connectivity index (χ1n) is 19.6. The number of ether oxygens (including phenoxy) is 2. The van der Waals surface area contributed by atoms with Crippen LogP contribution < -0.4 is 0 Å². The minimum Gasteiger partial charge on any atom is -0.462 e. The van der Waals surface area contributed by atoms with Crippen molar-refractivity contribution in [3.63, 3.8) is 0 Å². The van der Waals surface area contributed by atoms with Gasteiger partial charge in [-0.3, -0.25) is 18.6 Å². The number of unbranched alkanes of at least 4 members (excludes halogenated alkanes) is 15. The van der Waals surface area contributed by atoms with Crippen molar-refractivity contribution in [2.75, 3.05) is 13.2 Å². The van der Waals surface area contributed by atoms with Gasteiger partial charge in [0.15, 0.2) is 6.10 Å². The average molecular weight is 765 g/mol. The zero-order valence-electron chi connectivity index (χ0n) is 31.6. The third-order valence-corrected chi connectivity index (χ3v) is 10.0. The van der Waals surface area contributed by atoms with E-state index in [0.29, 0.717) is 12.8 Å². The lowest BCUT2D eigenvalue weighted by Crippen LogP contribution is -2.64. The van der Waals surface area contributed by atoms with E-state index in [2.05, 4.69) is 38.2 Å². The molecule has 0 aromatic heterocycles. The Labute approximate surface area is 311 Å². The number of phosphoric acid groups is 1. The van der Waals surface area contributed by atoms with Crippen LogP contribution in [0.5, 0.6) is 0 Å². The SMILES string of the molecule is CCCC/C=C/CCCCCCCC(=O)OC[C@H](COP(=O)(O)OC1C(O)C(O)C(O)[C@@H](O)C1O)OC(=O)CCCCCCC/C=C/CCCCC. The van der Waals surface area contributed by atoms with E-state index in [1.165, 1.54) is 32.1 Å². The number of hydrogen-bond donors (Lipinski definition) is 6. The molecule has 1 rings (SSSR count). The highest BCUT2D eigenvalue weighted by molar-refractivity contribution is 7.47. The maximum atomic E-state index is 12.7. The molecule has 0 heterocycles. The van der Waals surface area contributed by atoms with Crippen molar-refractivity contribution >= 4 is 19.8 Å². The van der Waals surface area contributed by atoms with Gasteiger partial charge in [-0.25, -0.2) is 4.57 Å². The molecule has 0 aromatic carbocycles. The number of hydrogen-bond acceptors (Lipinski definition) is 12. The van der Waals surface area contributed by atoms with Crippen molar-refractivity contribution < 1.29 is 63.1 Å². The summed E-state index contributed by atoms with van der Waals surface area (Å²) in [5.74, 6) is -1.12. The van der Waals surface area contributed by atoms with Gasteiger partial charge >= 0.3 is 19.8 Å². The number of carbonyl (C=O) groups is 2. The predicted octanol–water partition coefficient (Wildman–Crippen LogP) is 6.11. The first-order chi connectivity index (χ1) is 24.9. The Kier molecular flexibility index (Phi) is 27.6. The molecule has 52 heavy (non-hydrogen) atoms. The molecule has 1 aliphatic carbocycles. The number of esters is 2. The molecule has 304 valence electrons. The summed E-state index contributed by atoms with van der Waals surface area (Å²) in [4.78, 5) is 35.4. The maximum Gasteiger partial charge on any atom is 0.472 e. The molecule has 0 amide bonds. The number of phosphoric ester groups is 1. The fraction of sp³-hybridized carbons (Fsp3) is 0.842. The van der Waals surface area contributed by atoms with Crippen molar-refractivity contribution in [3.05, 3.63) is 24.3 Å². The Bertz CT molecular complexity index is 1020. The normalized spacial score (nSPS) is 23.9. The second-order valence-corrected chi connectivity index (χ2v) is 15.2. The molecule has 8 atom stereocenters. The van der Waals surface area contributed by atoms with E-state index < -0.39 is 75.7 Å². The highest BCUT2D eigenvalue weighted by Crippen LogP contribution is 2.47. The second kappa shape index (κ2) is 29.7. The van der Waals surface area contributed by atoms with Crippen molar-refractivity contribution in [3.8, 4) is 0 Å². The molecule has 14 heteroatoms. The fourth-order valence-electron chi connectivity index (χ4n) is 5.73. The molecule has 6 unspecified atom stereocenters. The molecule has 13 nitrogen and oxygen atoms in total. The molecule has 1 aliphatic rings. The van der Waals surface area contributed by atoms with Gasteiger partial charge in [-0.15, -0.1) is 0 Å². The molecule has 0 aliphatic heterocycles. The predicted molar refractivity (Wildman–Crippen MR) is 198 cm³/mol. The zero-order valence-corrected chi connectivity index (χ0v) is 32.5. The van der Waals surface area contributed by atoms with E-state index in [9.17, 15) is 44.6 Å². The lowest BCUT2D eigenvalue weighted by atomic mass is 9.85. The Morgan fingerprint density at radius 2 is 1.00 bits per heavy atom. The summed E-state index contributed by atoms with van der Waals surface area (Å²) in [6.07, 6.45) is 15.4. The first-order valence-corrected chi connectivity index (χ1v) is 21.1. The van der Waals surface area contributed by atoms with Crippen LogP contribution in [0, 0.1) is 0 Å². The number of rotatable bonds is 31. The number of allylic oxidation sites excluding steroid dienone is 4. The largest absolute Gasteiger partial charge is 0.472 e. The van der Waals surface area contributed by atoms with Crippen LogP contribution in [-0.4, -0.2) is 98.3 Å². The van der Waals surface area contributed by atoms with Crippen LogP contribution in [0.4, 0.5) is 0 Å². The Morgan fingerprint density at radius 1 is 0.577 bits per heavy atom. The first kappa shape index (κ1) is 48.3. The van der Waals surface area contributed by atoms with Crippen LogP contribution in [0.15, 0.2) is 24.3 Å². The zero-order chi connectivity index (χ0) is 38.6. The highest BCUT2D eigenvalue weighted by atomic mass is 31.2. The summed E-state index contributed by atoms with van der Waals surface area (Å²) in [5, 5.41) is 49.9. The van der Waals surface area contributed by atoms with Gasteiger partial charge in [0.25, 0.3) is 0 Å². The minimum absolute atomic E-state index is 0.0855. The van der Waals surface area contributed by atoms with E-state index >= 15 is 0 Å². The monoisotopic (exact) mass is 764 g/mol. The third kappa shape index (κ3) is 22.5. The van der Waals surface area contributed by atoms with Crippen molar-refractivity contribution in [2.45, 2.75) is 191 Å². The molecule has 1 fully saturated rings. The quantitative estimate of drug-likeness (QED) is 0.0204. The summed E-state index contributed by atoms with van der Waals surface area (Å²) in [6, 6.07) is 0. The van der Waals surface area contributed by atoms with Crippen molar-refractivity contribution in [1.29, 1.82) is 0 Å². The van der Waals surface area contributed by atoms with E-state index in [0.717, 1.165) is 77.0 Å². The lowest BCUT2D eigenvalue weighted by Gasteiger charge is -2.41. The van der Waals surface area contributed by atoms with E-state index in [4.69, 9.17) is 18.5 Å². The van der Waals surface area contributed by atoms with Gasteiger partial charge in [-0.2, -0.15) is 0 Å². The van der Waals surface area contributed by atoms with E-state index in [-0.39, 0.29) is 12.8 Å². The van der Waals surface area contributed by atoms with E-state index in [1.807, 2.05) is 0 Å². The summed E-state index contributed by atoms with van der Waals surface area (Å²) in [6.45, 7) is 3.18. The number of aliphatic hydroxyl groups is 5. The maximum absolute atomic E-state index is 12.7. The smallest absolute Gasteiger partial charge is 0.462 e. The highest BCUT2D eigenvalue weighted by Gasteiger charge is 2.51. The van der Waals surface area contributed by atoms with Crippen LogP contribution >= 0.6 is 7.82 Å². The van der Waals surface area contributed by atoms with Crippen LogP contribution in [0.2, 0.25) is 0 Å². The average Bonchev–Trinajstić information content (AvgIpc) is 3.12. The molecule has 1 saturated carbocycles. The third-order valence-electron chi connectivity index (χ3n) is 9.02. The van der Waals surface area contributed by atoms with Crippen LogP contribution in [0.3, 0.4) is 0 Å². The van der Waals surface area contributed by atoms with Crippen LogP contribution in [-0.2, 0) is 32.7 Å². The van der Waals surface area contributed by atoms with Gasteiger partial charge in [0.1, 0.15) is 43.2 Å². The van der Waals surface area contributed by atoms with Crippen molar-refractivity contribution in [2.24, 2.45) is 0 Å². The molecule has 0 radical (unpaired) electrons. The molecular formula is C38H69O13P. The standard InChI is InChI=1S/C38H69O13P/c1-3-5-7-9-11-13-15-17-19-21-23-25-27-32(40)50-30(28-48-31(39)26-24-22-20-18-16-14-12-10-8-6-4-2)29-49-52(46,47)51-38-36(44)34(42)33(41)35(43)37(38)45/h10-13,30,33-38,41-45H,3-9,14-29H2,1-2H3,(H,46,47)/b12-10+,13-11+/t30-,33?,34-,35?,36?,37?,38?/m1/s1. The minimum atomic E-state index is -5.11. The van der Waals surface area contributed by atoms with Gasteiger partial charge in [-0.1, -0.05) is 102 Å². The fourth-order valence-corrected chi connectivity index (χ4v) is 6.70. The molecule has 6 N–H and O–H groups in total. The molecule has 0 saturated heterocycles. The lowest BCUT2D eigenvalue weighted by molar-refractivity contribution is -0.220. The second-order valence-electron chi connectivity index (χ2n) is 13.8. The van der Waals surface area contributed by atoms with E-state index in [1.54, 1.807) is 0 Å². The van der Waals surface area contributed by atoms with Gasteiger partial charge in [0.2, 0.25) is 0 Å². The number of aliphatic hydroxyl groups excluding tert-OH is 5.